The van der Waals surface area contributed by atoms with Crippen molar-refractivity contribution in [3.63, 3.8) is 0 Å². The van der Waals surface area contributed by atoms with Gasteiger partial charge in [-0.05, 0) is 50.6 Å². The van der Waals surface area contributed by atoms with Crippen molar-refractivity contribution in [3.05, 3.63) is 44.8 Å². The second kappa shape index (κ2) is 7.34. The van der Waals surface area contributed by atoms with Crippen LogP contribution in [-0.4, -0.2) is 17.8 Å². The molecule has 1 N–H and O–H groups in total. The molecule has 0 aliphatic carbocycles. The summed E-state index contributed by atoms with van der Waals surface area (Å²) < 4.78 is 5.55. The van der Waals surface area contributed by atoms with Crippen LogP contribution in [0.15, 0.2) is 24.3 Å². The molecule has 0 saturated carbocycles. The van der Waals surface area contributed by atoms with Gasteiger partial charge in [-0.15, -0.1) is 11.3 Å². The Morgan fingerprint density at radius 1 is 1.26 bits per heavy atom. The predicted molar refractivity (Wildman–Crippen MR) is 94.2 cm³/mol. The molecule has 0 radical (unpaired) electrons. The summed E-state index contributed by atoms with van der Waals surface area (Å²) in [7, 11) is 0. The summed E-state index contributed by atoms with van der Waals surface area (Å²) in [6, 6.07) is 6.55. The van der Waals surface area contributed by atoms with E-state index in [1.54, 1.807) is 31.2 Å². The average Bonchev–Trinajstić information content (AvgIpc) is 2.82. The highest BCUT2D eigenvalue weighted by atomic mass is 35.5. The lowest BCUT2D eigenvalue weighted by Crippen LogP contribution is -2.29. The van der Waals surface area contributed by atoms with Gasteiger partial charge in [0, 0.05) is 5.02 Å². The van der Waals surface area contributed by atoms with Crippen molar-refractivity contribution in [2.45, 2.75) is 26.9 Å². The Hall–Kier alpha value is -1.56. The van der Waals surface area contributed by atoms with E-state index in [4.69, 9.17) is 27.9 Å². The highest BCUT2D eigenvalue weighted by Crippen LogP contribution is 2.29. The number of halogens is 2. The molecule has 122 valence electrons. The van der Waals surface area contributed by atoms with Crippen molar-refractivity contribution in [1.82, 2.24) is 0 Å². The molecule has 2 rings (SSSR count). The van der Waals surface area contributed by atoms with Crippen LogP contribution in [-0.2, 0) is 4.79 Å². The Morgan fingerprint density at radius 3 is 2.52 bits per heavy atom. The number of carbonyl (C=O) groups is 2. The monoisotopic (exact) mass is 371 g/mol. The highest BCUT2D eigenvalue weighted by Gasteiger charge is 2.18. The van der Waals surface area contributed by atoms with Crippen molar-refractivity contribution in [1.29, 1.82) is 0 Å². The van der Waals surface area contributed by atoms with Crippen LogP contribution in [0.25, 0.3) is 0 Å². The molecule has 0 saturated heterocycles. The molecule has 0 aliphatic rings. The van der Waals surface area contributed by atoms with Gasteiger partial charge in [-0.3, -0.25) is 9.59 Å². The minimum absolute atomic E-state index is 0.0229. The second-order valence-electron chi connectivity index (χ2n) is 5.00. The first-order valence-electron chi connectivity index (χ1n) is 6.82. The summed E-state index contributed by atoms with van der Waals surface area (Å²) in [5.41, 5.74) is 0.840. The molecule has 7 heteroatoms. The smallest absolute Gasteiger partial charge is 0.265 e. The zero-order valence-electron chi connectivity index (χ0n) is 12.8. The predicted octanol–water partition coefficient (Wildman–Crippen LogP) is 4.97. The third-order valence-corrected chi connectivity index (χ3v) is 4.83. The van der Waals surface area contributed by atoms with E-state index in [-0.39, 0.29) is 11.7 Å². The van der Waals surface area contributed by atoms with E-state index < -0.39 is 6.10 Å². The number of rotatable bonds is 5. The molecule has 0 fully saturated rings. The standard InChI is InChI=1S/C16H15Cl2NO3S/c1-8-6-14(23-15(8)9(2)20)19-16(21)10(3)22-13-5-4-11(17)7-12(13)18/h4-7,10H,1-3H3,(H,19,21). The quantitative estimate of drug-likeness (QED) is 0.754. The number of amides is 1. The Balaban J connectivity index is 2.05. The zero-order valence-corrected chi connectivity index (χ0v) is 15.1. The number of aryl methyl sites for hydroxylation is 1. The van der Waals surface area contributed by atoms with Crippen LogP contribution in [0.5, 0.6) is 5.75 Å². The molecule has 1 heterocycles. The van der Waals surface area contributed by atoms with Gasteiger partial charge < -0.3 is 10.1 Å². The zero-order chi connectivity index (χ0) is 17.1. The van der Waals surface area contributed by atoms with E-state index in [9.17, 15) is 9.59 Å². The number of benzene rings is 1. The lowest BCUT2D eigenvalue weighted by Gasteiger charge is -2.15. The SMILES string of the molecule is CC(=O)c1sc(NC(=O)C(C)Oc2ccc(Cl)cc2Cl)cc1C. The van der Waals surface area contributed by atoms with Crippen molar-refractivity contribution in [2.24, 2.45) is 0 Å². The van der Waals surface area contributed by atoms with Gasteiger partial charge in [0.25, 0.3) is 5.91 Å². The van der Waals surface area contributed by atoms with Crippen LogP contribution in [0.3, 0.4) is 0 Å². The maximum Gasteiger partial charge on any atom is 0.265 e. The van der Waals surface area contributed by atoms with Crippen LogP contribution < -0.4 is 10.1 Å². The molecule has 23 heavy (non-hydrogen) atoms. The molecule has 1 aromatic carbocycles. The lowest BCUT2D eigenvalue weighted by atomic mass is 10.2. The lowest BCUT2D eigenvalue weighted by molar-refractivity contribution is -0.122. The molecule has 0 spiro atoms. The van der Waals surface area contributed by atoms with E-state index in [0.29, 0.717) is 25.7 Å². The van der Waals surface area contributed by atoms with Crippen LogP contribution in [0.2, 0.25) is 10.0 Å². The Labute approximate surface area is 148 Å². The van der Waals surface area contributed by atoms with Crippen LogP contribution in [0, 0.1) is 6.92 Å². The molecule has 1 aromatic heterocycles. The van der Waals surface area contributed by atoms with Crippen LogP contribution in [0.1, 0.15) is 29.1 Å². The first-order chi connectivity index (χ1) is 10.8. The maximum absolute atomic E-state index is 12.2. The molecule has 0 bridgehead atoms. The van der Waals surface area contributed by atoms with E-state index in [1.165, 1.54) is 18.3 Å². The van der Waals surface area contributed by atoms with E-state index >= 15 is 0 Å². The van der Waals surface area contributed by atoms with Gasteiger partial charge in [0.1, 0.15) is 5.75 Å². The fraction of sp³-hybridized carbons (Fsp3) is 0.250. The number of ether oxygens (including phenoxy) is 1. The van der Waals surface area contributed by atoms with Gasteiger partial charge in [-0.2, -0.15) is 0 Å². The first-order valence-corrected chi connectivity index (χ1v) is 8.39. The van der Waals surface area contributed by atoms with Gasteiger partial charge in [0.05, 0.1) is 14.9 Å². The topological polar surface area (TPSA) is 55.4 Å². The van der Waals surface area contributed by atoms with Gasteiger partial charge in [0.2, 0.25) is 0 Å². The molecular weight excluding hydrogens is 357 g/mol. The van der Waals surface area contributed by atoms with Gasteiger partial charge in [-0.1, -0.05) is 23.2 Å². The molecule has 1 atom stereocenters. The van der Waals surface area contributed by atoms with Crippen molar-refractivity contribution in [2.75, 3.05) is 5.32 Å². The molecule has 2 aromatic rings. The van der Waals surface area contributed by atoms with Crippen molar-refractivity contribution >= 4 is 51.2 Å². The van der Waals surface area contributed by atoms with Crippen LogP contribution >= 0.6 is 34.5 Å². The van der Waals surface area contributed by atoms with E-state index in [2.05, 4.69) is 5.32 Å². The summed E-state index contributed by atoms with van der Waals surface area (Å²) >= 11 is 13.1. The largest absolute Gasteiger partial charge is 0.479 e. The van der Waals surface area contributed by atoms with E-state index in [0.717, 1.165) is 5.56 Å². The summed E-state index contributed by atoms with van der Waals surface area (Å²) in [6.45, 7) is 4.95. The summed E-state index contributed by atoms with van der Waals surface area (Å²) in [6.07, 6.45) is -0.753. The first kappa shape index (κ1) is 17.8. The van der Waals surface area contributed by atoms with Gasteiger partial charge in [0.15, 0.2) is 11.9 Å². The molecule has 1 amide bonds. The van der Waals surface area contributed by atoms with Crippen molar-refractivity contribution in [3.8, 4) is 5.75 Å². The normalized spacial score (nSPS) is 11.9. The third kappa shape index (κ3) is 4.47. The Kier molecular flexibility index (Phi) is 5.68. The molecule has 4 nitrogen and oxygen atoms in total. The Morgan fingerprint density at radius 2 is 1.96 bits per heavy atom. The number of Topliss-reactive ketones (excluding diaryl/α,β-unsaturated/α-hetero) is 1. The summed E-state index contributed by atoms with van der Waals surface area (Å²) in [5, 5.41) is 4.18. The minimum atomic E-state index is -0.753. The van der Waals surface area contributed by atoms with Crippen molar-refractivity contribution < 1.29 is 14.3 Å². The number of hydrogen-bond donors (Lipinski definition) is 1. The van der Waals surface area contributed by atoms with Crippen LogP contribution in [0.4, 0.5) is 5.00 Å². The molecular formula is C16H15Cl2NO3S. The second-order valence-corrected chi connectivity index (χ2v) is 6.90. The Bertz CT molecular complexity index is 758. The summed E-state index contributed by atoms with van der Waals surface area (Å²) in [5.74, 6) is 0.0307. The van der Waals surface area contributed by atoms with Gasteiger partial charge >= 0.3 is 0 Å². The maximum atomic E-state index is 12.2. The number of anilines is 1. The molecule has 1 unspecified atom stereocenters. The number of nitrogens with one attached hydrogen (secondary N) is 1. The summed E-state index contributed by atoms with van der Waals surface area (Å²) in [4.78, 5) is 24.3. The minimum Gasteiger partial charge on any atom is -0.479 e. The fourth-order valence-electron chi connectivity index (χ4n) is 1.93. The number of thiophene rings is 1. The van der Waals surface area contributed by atoms with E-state index in [1.807, 2.05) is 6.92 Å². The number of hydrogen-bond acceptors (Lipinski definition) is 4. The fourth-order valence-corrected chi connectivity index (χ4v) is 3.35. The number of ketones is 1. The highest BCUT2D eigenvalue weighted by molar-refractivity contribution is 7.18. The number of carbonyl (C=O) groups excluding carboxylic acids is 2. The van der Waals surface area contributed by atoms with Gasteiger partial charge in [-0.25, -0.2) is 0 Å². The average molecular weight is 372 g/mol. The molecule has 0 aliphatic heterocycles. The third-order valence-electron chi connectivity index (χ3n) is 3.05.